The third kappa shape index (κ3) is 3.40. The molecule has 0 spiro atoms. The van der Waals surface area contributed by atoms with Crippen LogP contribution in [0.3, 0.4) is 0 Å². The van der Waals surface area contributed by atoms with Gasteiger partial charge in [-0.3, -0.25) is 4.79 Å². The molecule has 4 heteroatoms. The number of aryl methyl sites for hydroxylation is 3. The molecule has 1 aromatic heterocycles. The van der Waals surface area contributed by atoms with Crippen molar-refractivity contribution in [1.29, 1.82) is 0 Å². The van der Waals surface area contributed by atoms with Gasteiger partial charge in [0.1, 0.15) is 0 Å². The molecule has 0 saturated carbocycles. The van der Waals surface area contributed by atoms with E-state index in [4.69, 9.17) is 0 Å². The second-order valence-corrected chi connectivity index (χ2v) is 5.45. The van der Waals surface area contributed by atoms with Gasteiger partial charge in [-0.15, -0.1) is 17.9 Å². The predicted octanol–water partition coefficient (Wildman–Crippen LogP) is 2.26. The van der Waals surface area contributed by atoms with Crippen LogP contribution in [0.5, 0.6) is 0 Å². The van der Waals surface area contributed by atoms with Crippen LogP contribution in [-0.4, -0.2) is 17.4 Å². The van der Waals surface area contributed by atoms with Gasteiger partial charge in [0.25, 0.3) is 0 Å². The number of carbonyl (C=O) groups is 1. The van der Waals surface area contributed by atoms with E-state index >= 15 is 0 Å². The molecule has 1 aromatic rings. The summed E-state index contributed by atoms with van der Waals surface area (Å²) in [5.41, 5.74) is 1.28. The Morgan fingerprint density at radius 3 is 3.06 bits per heavy atom. The standard InChI is InChI=1S/C13H18N2OS/c1-2-9-14-12(16)7-8-13-15-10-5-3-4-6-11(10)17-13/h2H,1,3-9H2,(H,14,16). The molecule has 2 rings (SSSR count). The quantitative estimate of drug-likeness (QED) is 0.814. The normalized spacial score (nSPS) is 14.1. The molecule has 1 aliphatic rings. The number of fused-ring (bicyclic) bond motifs is 1. The fourth-order valence-corrected chi connectivity index (χ4v) is 3.16. The highest BCUT2D eigenvalue weighted by atomic mass is 32.1. The van der Waals surface area contributed by atoms with Crippen LogP contribution in [0.2, 0.25) is 0 Å². The summed E-state index contributed by atoms with van der Waals surface area (Å²) >= 11 is 1.79. The number of aromatic nitrogens is 1. The Kier molecular flexibility index (Phi) is 4.31. The van der Waals surface area contributed by atoms with E-state index in [0.717, 1.165) is 17.8 Å². The van der Waals surface area contributed by atoms with E-state index in [9.17, 15) is 4.79 Å². The molecule has 0 unspecified atom stereocenters. The van der Waals surface area contributed by atoms with Crippen LogP contribution in [-0.2, 0) is 24.1 Å². The molecule has 1 amide bonds. The zero-order valence-corrected chi connectivity index (χ0v) is 10.8. The molecule has 0 aliphatic heterocycles. The van der Waals surface area contributed by atoms with E-state index < -0.39 is 0 Å². The topological polar surface area (TPSA) is 42.0 Å². The maximum absolute atomic E-state index is 11.4. The second-order valence-electron chi connectivity index (χ2n) is 4.28. The minimum Gasteiger partial charge on any atom is -0.353 e. The van der Waals surface area contributed by atoms with Gasteiger partial charge in [0, 0.05) is 24.3 Å². The zero-order chi connectivity index (χ0) is 12.1. The maximum atomic E-state index is 11.4. The molecule has 0 aromatic carbocycles. The van der Waals surface area contributed by atoms with E-state index in [1.807, 2.05) is 0 Å². The van der Waals surface area contributed by atoms with E-state index in [2.05, 4.69) is 16.9 Å². The highest BCUT2D eigenvalue weighted by Crippen LogP contribution is 2.27. The van der Waals surface area contributed by atoms with Crippen LogP contribution >= 0.6 is 11.3 Å². The number of nitrogens with zero attached hydrogens (tertiary/aromatic N) is 1. The van der Waals surface area contributed by atoms with Gasteiger partial charge in [-0.2, -0.15) is 0 Å². The number of carbonyl (C=O) groups excluding carboxylic acids is 1. The van der Waals surface area contributed by atoms with Gasteiger partial charge in [0.05, 0.1) is 10.7 Å². The predicted molar refractivity (Wildman–Crippen MR) is 70.3 cm³/mol. The lowest BCUT2D eigenvalue weighted by atomic mass is 10.0. The first kappa shape index (κ1) is 12.3. The Hall–Kier alpha value is -1.16. The number of hydrogen-bond donors (Lipinski definition) is 1. The molecule has 1 heterocycles. The summed E-state index contributed by atoms with van der Waals surface area (Å²) in [6.07, 6.45) is 7.83. The SMILES string of the molecule is C=CCNC(=O)CCc1nc2c(s1)CCCC2. The zero-order valence-electron chi connectivity index (χ0n) is 10.00. The molecular formula is C13H18N2OS. The van der Waals surface area contributed by atoms with E-state index in [1.165, 1.54) is 29.8 Å². The van der Waals surface area contributed by atoms with E-state index in [1.54, 1.807) is 17.4 Å². The first-order chi connectivity index (χ1) is 8.29. The minimum atomic E-state index is 0.0815. The number of nitrogens with one attached hydrogen (secondary N) is 1. The van der Waals surface area contributed by atoms with Gasteiger partial charge in [0.2, 0.25) is 5.91 Å². The summed E-state index contributed by atoms with van der Waals surface area (Å²) < 4.78 is 0. The third-order valence-electron chi connectivity index (χ3n) is 2.90. The maximum Gasteiger partial charge on any atom is 0.220 e. The molecule has 3 nitrogen and oxygen atoms in total. The number of rotatable bonds is 5. The monoisotopic (exact) mass is 250 g/mol. The smallest absolute Gasteiger partial charge is 0.220 e. The van der Waals surface area contributed by atoms with Gasteiger partial charge >= 0.3 is 0 Å². The van der Waals surface area contributed by atoms with Crippen LogP contribution in [0.15, 0.2) is 12.7 Å². The summed E-state index contributed by atoms with van der Waals surface area (Å²) in [7, 11) is 0. The average molecular weight is 250 g/mol. The third-order valence-corrected chi connectivity index (χ3v) is 4.12. The van der Waals surface area contributed by atoms with Crippen LogP contribution in [0, 0.1) is 0 Å². The van der Waals surface area contributed by atoms with E-state index in [-0.39, 0.29) is 5.91 Å². The fourth-order valence-electron chi connectivity index (χ4n) is 2.01. The van der Waals surface area contributed by atoms with Gasteiger partial charge in [-0.25, -0.2) is 4.98 Å². The molecule has 0 fully saturated rings. The Morgan fingerprint density at radius 1 is 1.47 bits per heavy atom. The Morgan fingerprint density at radius 2 is 2.29 bits per heavy atom. The molecule has 0 saturated heterocycles. The van der Waals surface area contributed by atoms with Crippen LogP contribution in [0.1, 0.15) is 34.8 Å². The molecule has 0 radical (unpaired) electrons. The molecular weight excluding hydrogens is 232 g/mol. The Balaban J connectivity index is 1.84. The first-order valence-corrected chi connectivity index (χ1v) is 6.96. The largest absolute Gasteiger partial charge is 0.353 e. The lowest BCUT2D eigenvalue weighted by Gasteiger charge is -2.06. The van der Waals surface area contributed by atoms with Crippen molar-refractivity contribution in [2.45, 2.75) is 38.5 Å². The summed E-state index contributed by atoms with van der Waals surface area (Å²) in [6, 6.07) is 0. The molecule has 0 atom stereocenters. The Labute approximate surface area is 106 Å². The van der Waals surface area contributed by atoms with Crippen molar-refractivity contribution in [3.63, 3.8) is 0 Å². The second kappa shape index (κ2) is 5.96. The number of amides is 1. The van der Waals surface area contributed by atoms with Gasteiger partial charge in [0.15, 0.2) is 0 Å². The van der Waals surface area contributed by atoms with Gasteiger partial charge in [-0.1, -0.05) is 6.08 Å². The van der Waals surface area contributed by atoms with Crippen LogP contribution < -0.4 is 5.32 Å². The van der Waals surface area contributed by atoms with Crippen molar-refractivity contribution < 1.29 is 4.79 Å². The van der Waals surface area contributed by atoms with E-state index in [0.29, 0.717) is 13.0 Å². The van der Waals surface area contributed by atoms with Crippen molar-refractivity contribution in [2.75, 3.05) is 6.54 Å². The summed E-state index contributed by atoms with van der Waals surface area (Å²) in [5.74, 6) is 0.0815. The summed E-state index contributed by atoms with van der Waals surface area (Å²) in [6.45, 7) is 4.12. The highest BCUT2D eigenvalue weighted by Gasteiger charge is 2.15. The Bertz CT molecular complexity index is 388. The number of thiazole rings is 1. The molecule has 1 aliphatic carbocycles. The van der Waals surface area contributed by atoms with Crippen molar-refractivity contribution in [3.8, 4) is 0 Å². The van der Waals surface area contributed by atoms with Crippen molar-refractivity contribution >= 4 is 17.2 Å². The molecule has 0 bridgehead atoms. The lowest BCUT2D eigenvalue weighted by Crippen LogP contribution is -2.23. The highest BCUT2D eigenvalue weighted by molar-refractivity contribution is 7.11. The van der Waals surface area contributed by atoms with Gasteiger partial charge < -0.3 is 5.32 Å². The molecule has 92 valence electrons. The minimum absolute atomic E-state index is 0.0815. The van der Waals surface area contributed by atoms with Crippen molar-refractivity contribution in [3.05, 3.63) is 28.2 Å². The van der Waals surface area contributed by atoms with Crippen molar-refractivity contribution in [2.24, 2.45) is 0 Å². The number of hydrogen-bond acceptors (Lipinski definition) is 3. The van der Waals surface area contributed by atoms with Crippen molar-refractivity contribution in [1.82, 2.24) is 10.3 Å². The summed E-state index contributed by atoms with van der Waals surface area (Å²) in [5, 5.41) is 3.90. The molecule has 17 heavy (non-hydrogen) atoms. The van der Waals surface area contributed by atoms with Crippen LogP contribution in [0.4, 0.5) is 0 Å². The fraction of sp³-hybridized carbons (Fsp3) is 0.538. The first-order valence-electron chi connectivity index (χ1n) is 6.14. The lowest BCUT2D eigenvalue weighted by molar-refractivity contribution is -0.120. The van der Waals surface area contributed by atoms with Gasteiger partial charge in [-0.05, 0) is 25.7 Å². The molecule has 1 N–H and O–H groups in total. The van der Waals surface area contributed by atoms with Crippen LogP contribution in [0.25, 0.3) is 0 Å². The summed E-state index contributed by atoms with van der Waals surface area (Å²) in [4.78, 5) is 17.5. The average Bonchev–Trinajstić information content (AvgIpc) is 2.76.